The zero-order valence-electron chi connectivity index (χ0n) is 10.8. The van der Waals surface area contributed by atoms with E-state index in [0.29, 0.717) is 12.5 Å². The van der Waals surface area contributed by atoms with Gasteiger partial charge in [0.05, 0.1) is 0 Å². The minimum Gasteiger partial charge on any atom is -0.356 e. The van der Waals surface area contributed by atoms with Gasteiger partial charge in [0, 0.05) is 19.0 Å². The topological polar surface area (TPSA) is 41.1 Å². The van der Waals surface area contributed by atoms with Gasteiger partial charge in [-0.1, -0.05) is 6.42 Å². The van der Waals surface area contributed by atoms with Crippen LogP contribution in [0.25, 0.3) is 0 Å². The lowest BCUT2D eigenvalue weighted by atomic mass is 10.0. The molecule has 0 saturated carbocycles. The first-order valence-electron chi connectivity index (χ1n) is 6.86. The van der Waals surface area contributed by atoms with Crippen LogP contribution in [0.5, 0.6) is 0 Å². The highest BCUT2D eigenvalue weighted by atomic mass is 32.1. The van der Waals surface area contributed by atoms with Gasteiger partial charge in [0.25, 0.3) is 0 Å². The molecule has 1 aromatic heterocycles. The third kappa shape index (κ3) is 4.78. The van der Waals surface area contributed by atoms with Crippen molar-refractivity contribution in [1.82, 2.24) is 10.6 Å². The summed E-state index contributed by atoms with van der Waals surface area (Å²) in [5, 5.41) is 10.7. The van der Waals surface area contributed by atoms with E-state index in [2.05, 4.69) is 27.5 Å². The average molecular weight is 266 g/mol. The van der Waals surface area contributed by atoms with Crippen LogP contribution in [0.2, 0.25) is 0 Å². The van der Waals surface area contributed by atoms with Crippen molar-refractivity contribution in [3.63, 3.8) is 0 Å². The summed E-state index contributed by atoms with van der Waals surface area (Å²) < 4.78 is 0. The van der Waals surface area contributed by atoms with E-state index in [0.717, 1.165) is 25.9 Å². The molecule has 100 valence electrons. The van der Waals surface area contributed by atoms with E-state index in [1.807, 2.05) is 0 Å². The molecule has 18 heavy (non-hydrogen) atoms. The van der Waals surface area contributed by atoms with Gasteiger partial charge in [0.2, 0.25) is 5.91 Å². The molecule has 4 heteroatoms. The number of hydrogen-bond donors (Lipinski definition) is 2. The molecule has 3 nitrogen and oxygen atoms in total. The molecule has 1 unspecified atom stereocenters. The molecule has 1 saturated heterocycles. The second-order valence-corrected chi connectivity index (χ2v) is 5.70. The van der Waals surface area contributed by atoms with E-state index in [4.69, 9.17) is 0 Å². The van der Waals surface area contributed by atoms with Crippen molar-refractivity contribution >= 4 is 17.2 Å². The van der Waals surface area contributed by atoms with Crippen molar-refractivity contribution in [3.8, 4) is 0 Å². The molecule has 1 fully saturated rings. The fraction of sp³-hybridized carbons (Fsp3) is 0.643. The van der Waals surface area contributed by atoms with Crippen LogP contribution in [-0.2, 0) is 11.2 Å². The highest BCUT2D eigenvalue weighted by Gasteiger charge is 2.13. The molecule has 1 atom stereocenters. The number of carbonyl (C=O) groups excluding carboxylic acids is 1. The lowest BCUT2D eigenvalue weighted by Gasteiger charge is -2.23. The molecule has 2 N–H and O–H groups in total. The van der Waals surface area contributed by atoms with Gasteiger partial charge in [-0.15, -0.1) is 0 Å². The maximum atomic E-state index is 11.7. The Morgan fingerprint density at radius 2 is 2.44 bits per heavy atom. The second-order valence-electron chi connectivity index (χ2n) is 4.92. The number of nitrogens with one attached hydrogen (secondary N) is 2. The van der Waals surface area contributed by atoms with Crippen LogP contribution in [-0.4, -0.2) is 25.0 Å². The van der Waals surface area contributed by atoms with Gasteiger partial charge in [0.1, 0.15) is 0 Å². The van der Waals surface area contributed by atoms with E-state index >= 15 is 0 Å². The Bertz CT molecular complexity index is 345. The minimum atomic E-state index is 0.192. The first-order valence-corrected chi connectivity index (χ1v) is 7.80. The van der Waals surface area contributed by atoms with Crippen molar-refractivity contribution < 1.29 is 4.79 Å². The standard InChI is InChI=1S/C14H22N2OS/c17-14(5-4-13-3-1-2-8-15-13)16-9-6-12-7-10-18-11-12/h7,10-11,13,15H,1-6,8-9H2,(H,16,17). The Hall–Kier alpha value is -0.870. The molecule has 2 rings (SSSR count). The maximum absolute atomic E-state index is 11.7. The number of rotatable bonds is 6. The van der Waals surface area contributed by atoms with Gasteiger partial charge in [0.15, 0.2) is 0 Å². The molecular weight excluding hydrogens is 244 g/mol. The summed E-state index contributed by atoms with van der Waals surface area (Å²) in [6.07, 6.45) is 6.38. The second kappa shape index (κ2) is 7.54. The summed E-state index contributed by atoms with van der Waals surface area (Å²) in [4.78, 5) is 11.7. The van der Waals surface area contributed by atoms with Crippen LogP contribution in [0.3, 0.4) is 0 Å². The Morgan fingerprint density at radius 3 is 3.17 bits per heavy atom. The van der Waals surface area contributed by atoms with E-state index in [1.54, 1.807) is 11.3 Å². The summed E-state index contributed by atoms with van der Waals surface area (Å²) in [5.74, 6) is 0.192. The third-order valence-corrected chi connectivity index (χ3v) is 4.18. The van der Waals surface area contributed by atoms with Gasteiger partial charge < -0.3 is 10.6 Å². The predicted molar refractivity (Wildman–Crippen MR) is 75.9 cm³/mol. The molecule has 2 heterocycles. The number of carbonyl (C=O) groups is 1. The Morgan fingerprint density at radius 1 is 1.50 bits per heavy atom. The van der Waals surface area contributed by atoms with Crippen molar-refractivity contribution in [1.29, 1.82) is 0 Å². The number of hydrogen-bond acceptors (Lipinski definition) is 3. The molecule has 0 aromatic carbocycles. The van der Waals surface area contributed by atoms with Gasteiger partial charge in [-0.25, -0.2) is 0 Å². The summed E-state index contributed by atoms with van der Waals surface area (Å²) in [6.45, 7) is 1.87. The fourth-order valence-corrected chi connectivity index (χ4v) is 3.05. The van der Waals surface area contributed by atoms with Gasteiger partial charge in [-0.2, -0.15) is 11.3 Å². The first-order chi connectivity index (χ1) is 8.84. The zero-order valence-corrected chi connectivity index (χ0v) is 11.6. The summed E-state index contributed by atoms with van der Waals surface area (Å²) >= 11 is 1.71. The normalized spacial score (nSPS) is 19.7. The molecule has 0 radical (unpaired) electrons. The van der Waals surface area contributed by atoms with Crippen molar-refractivity contribution in [2.75, 3.05) is 13.1 Å². The highest BCUT2D eigenvalue weighted by Crippen LogP contribution is 2.11. The van der Waals surface area contributed by atoms with Crippen molar-refractivity contribution in [3.05, 3.63) is 22.4 Å². The predicted octanol–water partition coefficient (Wildman–Crippen LogP) is 2.33. The van der Waals surface area contributed by atoms with Gasteiger partial charge >= 0.3 is 0 Å². The van der Waals surface area contributed by atoms with Crippen molar-refractivity contribution in [2.45, 2.75) is 44.6 Å². The maximum Gasteiger partial charge on any atom is 0.220 e. The number of amides is 1. The summed E-state index contributed by atoms with van der Waals surface area (Å²) in [7, 11) is 0. The van der Waals surface area contributed by atoms with E-state index in [9.17, 15) is 4.79 Å². The third-order valence-electron chi connectivity index (χ3n) is 3.45. The van der Waals surface area contributed by atoms with Crippen LogP contribution in [0.15, 0.2) is 16.8 Å². The van der Waals surface area contributed by atoms with E-state index < -0.39 is 0 Å². The Balaban J connectivity index is 1.54. The molecule has 0 bridgehead atoms. The van der Waals surface area contributed by atoms with Crippen LogP contribution in [0.1, 0.15) is 37.7 Å². The molecule has 1 aromatic rings. The van der Waals surface area contributed by atoms with Crippen molar-refractivity contribution in [2.24, 2.45) is 0 Å². The molecule has 1 aliphatic rings. The average Bonchev–Trinajstić information content (AvgIpc) is 2.91. The highest BCUT2D eigenvalue weighted by molar-refractivity contribution is 7.07. The summed E-state index contributed by atoms with van der Waals surface area (Å²) in [6, 6.07) is 2.67. The van der Waals surface area contributed by atoms with Crippen LogP contribution in [0, 0.1) is 0 Å². The SMILES string of the molecule is O=C(CCC1CCCCN1)NCCc1ccsc1. The monoisotopic (exact) mass is 266 g/mol. The number of thiophene rings is 1. The Labute approximate surface area is 113 Å². The molecular formula is C14H22N2OS. The minimum absolute atomic E-state index is 0.192. The van der Waals surface area contributed by atoms with Crippen LogP contribution >= 0.6 is 11.3 Å². The number of piperidine rings is 1. The molecule has 1 aliphatic heterocycles. The Kier molecular flexibility index (Phi) is 5.68. The summed E-state index contributed by atoms with van der Waals surface area (Å²) in [5.41, 5.74) is 1.31. The quantitative estimate of drug-likeness (QED) is 0.829. The zero-order chi connectivity index (χ0) is 12.6. The largest absolute Gasteiger partial charge is 0.356 e. The van der Waals surface area contributed by atoms with Gasteiger partial charge in [-0.3, -0.25) is 4.79 Å². The molecule has 1 amide bonds. The van der Waals surface area contributed by atoms with Crippen LogP contribution < -0.4 is 10.6 Å². The fourth-order valence-electron chi connectivity index (χ4n) is 2.35. The molecule has 0 spiro atoms. The van der Waals surface area contributed by atoms with Gasteiger partial charge in [-0.05, 0) is 54.6 Å². The molecule has 0 aliphatic carbocycles. The van der Waals surface area contributed by atoms with E-state index in [1.165, 1.54) is 24.8 Å². The van der Waals surface area contributed by atoms with E-state index in [-0.39, 0.29) is 5.91 Å². The lowest BCUT2D eigenvalue weighted by Crippen LogP contribution is -2.35. The van der Waals surface area contributed by atoms with Crippen LogP contribution in [0.4, 0.5) is 0 Å². The first kappa shape index (κ1) is 13.6. The lowest BCUT2D eigenvalue weighted by molar-refractivity contribution is -0.121. The smallest absolute Gasteiger partial charge is 0.220 e.